The SMILES string of the molecule is O=C(c1ccc2nccnc2c1)N1CCC(OCC2CC2)C1. The van der Waals surface area contributed by atoms with E-state index in [-0.39, 0.29) is 12.0 Å². The number of hydrogen-bond acceptors (Lipinski definition) is 4. The molecule has 114 valence electrons. The summed E-state index contributed by atoms with van der Waals surface area (Å²) >= 11 is 0. The average Bonchev–Trinajstić information content (AvgIpc) is 3.28. The second-order valence-corrected chi connectivity index (χ2v) is 6.20. The second kappa shape index (κ2) is 5.65. The van der Waals surface area contributed by atoms with Gasteiger partial charge in [-0.1, -0.05) is 0 Å². The van der Waals surface area contributed by atoms with Gasteiger partial charge in [-0.15, -0.1) is 0 Å². The summed E-state index contributed by atoms with van der Waals surface area (Å²) in [7, 11) is 0. The van der Waals surface area contributed by atoms with Crippen LogP contribution in [0.5, 0.6) is 0 Å². The molecule has 1 aliphatic heterocycles. The van der Waals surface area contributed by atoms with E-state index in [0.29, 0.717) is 12.1 Å². The van der Waals surface area contributed by atoms with E-state index in [2.05, 4.69) is 9.97 Å². The molecule has 0 spiro atoms. The first kappa shape index (κ1) is 13.6. The number of amides is 1. The minimum atomic E-state index is 0.0603. The Kier molecular flexibility index (Phi) is 3.50. The van der Waals surface area contributed by atoms with Crippen LogP contribution >= 0.6 is 0 Å². The smallest absolute Gasteiger partial charge is 0.254 e. The van der Waals surface area contributed by atoms with E-state index in [0.717, 1.165) is 36.5 Å². The van der Waals surface area contributed by atoms with E-state index >= 15 is 0 Å². The second-order valence-electron chi connectivity index (χ2n) is 6.20. The number of ether oxygens (including phenoxy) is 1. The van der Waals surface area contributed by atoms with E-state index in [1.807, 2.05) is 23.1 Å². The number of carbonyl (C=O) groups is 1. The number of likely N-dealkylation sites (tertiary alicyclic amines) is 1. The molecule has 2 heterocycles. The number of nitrogens with zero attached hydrogens (tertiary/aromatic N) is 3. The van der Waals surface area contributed by atoms with Gasteiger partial charge in [0.25, 0.3) is 5.91 Å². The molecule has 1 amide bonds. The number of fused-ring (bicyclic) bond motifs is 1. The van der Waals surface area contributed by atoms with Crippen LogP contribution in [0.4, 0.5) is 0 Å². The van der Waals surface area contributed by atoms with Crippen LogP contribution in [-0.2, 0) is 4.74 Å². The lowest BCUT2D eigenvalue weighted by Gasteiger charge is -2.17. The summed E-state index contributed by atoms with van der Waals surface area (Å²) in [4.78, 5) is 23.0. The Morgan fingerprint density at radius 1 is 1.18 bits per heavy atom. The molecule has 0 bridgehead atoms. The number of benzene rings is 1. The lowest BCUT2D eigenvalue weighted by Crippen LogP contribution is -2.30. The highest BCUT2D eigenvalue weighted by molar-refractivity contribution is 5.97. The third-order valence-corrected chi connectivity index (χ3v) is 4.41. The summed E-state index contributed by atoms with van der Waals surface area (Å²) in [6.45, 7) is 2.33. The van der Waals surface area contributed by atoms with Crippen molar-refractivity contribution >= 4 is 16.9 Å². The Morgan fingerprint density at radius 3 is 2.82 bits per heavy atom. The summed E-state index contributed by atoms with van der Waals surface area (Å²) in [5.41, 5.74) is 2.25. The summed E-state index contributed by atoms with van der Waals surface area (Å²) < 4.78 is 5.90. The van der Waals surface area contributed by atoms with E-state index < -0.39 is 0 Å². The minimum Gasteiger partial charge on any atom is -0.376 e. The molecule has 1 saturated carbocycles. The van der Waals surface area contributed by atoms with Gasteiger partial charge in [-0.2, -0.15) is 0 Å². The monoisotopic (exact) mass is 297 g/mol. The molecule has 1 aromatic heterocycles. The van der Waals surface area contributed by atoms with Gasteiger partial charge < -0.3 is 9.64 Å². The Balaban J connectivity index is 1.43. The van der Waals surface area contributed by atoms with Crippen molar-refractivity contribution in [3.8, 4) is 0 Å². The molecule has 1 saturated heterocycles. The van der Waals surface area contributed by atoms with Crippen LogP contribution in [0.25, 0.3) is 11.0 Å². The first-order valence-electron chi connectivity index (χ1n) is 7.91. The number of rotatable bonds is 4. The van der Waals surface area contributed by atoms with Crippen molar-refractivity contribution in [2.24, 2.45) is 5.92 Å². The van der Waals surface area contributed by atoms with E-state index in [1.54, 1.807) is 12.4 Å². The van der Waals surface area contributed by atoms with Gasteiger partial charge in [0.1, 0.15) is 0 Å². The molecular weight excluding hydrogens is 278 g/mol. The maximum atomic E-state index is 12.6. The summed E-state index contributed by atoms with van der Waals surface area (Å²) in [6.07, 6.45) is 7.04. The standard InChI is InChI=1S/C17H19N3O2/c21-17(13-3-4-15-16(9-13)19-7-6-18-15)20-8-5-14(10-20)22-11-12-1-2-12/h3-4,6-7,9,12,14H,1-2,5,8,10-11H2. The molecule has 5 heteroatoms. The zero-order chi connectivity index (χ0) is 14.9. The van der Waals surface area contributed by atoms with Crippen molar-refractivity contribution in [2.45, 2.75) is 25.4 Å². The van der Waals surface area contributed by atoms with Crippen molar-refractivity contribution in [1.29, 1.82) is 0 Å². The predicted molar refractivity (Wildman–Crippen MR) is 82.5 cm³/mol. The Bertz CT molecular complexity index is 699. The normalized spacial score (nSPS) is 21.5. The molecule has 4 rings (SSSR count). The van der Waals surface area contributed by atoms with Crippen LogP contribution in [0.15, 0.2) is 30.6 Å². The fourth-order valence-electron chi connectivity index (χ4n) is 2.88. The Hall–Kier alpha value is -2.01. The van der Waals surface area contributed by atoms with Crippen molar-refractivity contribution in [3.63, 3.8) is 0 Å². The molecule has 2 aromatic rings. The molecule has 5 nitrogen and oxygen atoms in total. The third kappa shape index (κ3) is 2.81. The van der Waals surface area contributed by atoms with Crippen LogP contribution in [-0.4, -0.2) is 46.6 Å². The summed E-state index contributed by atoms with van der Waals surface area (Å²) in [5, 5.41) is 0. The van der Waals surface area contributed by atoms with E-state index in [4.69, 9.17) is 4.74 Å². The molecule has 2 fully saturated rings. The fraction of sp³-hybridized carbons (Fsp3) is 0.471. The molecule has 0 N–H and O–H groups in total. The van der Waals surface area contributed by atoms with Crippen LogP contribution in [0.1, 0.15) is 29.6 Å². The summed E-state index contributed by atoms with van der Waals surface area (Å²) in [5.74, 6) is 0.828. The van der Waals surface area contributed by atoms with Crippen LogP contribution in [0.3, 0.4) is 0 Å². The predicted octanol–water partition coefficient (Wildman–Crippen LogP) is 2.27. The lowest BCUT2D eigenvalue weighted by molar-refractivity contribution is 0.0480. The molecule has 1 aromatic carbocycles. The average molecular weight is 297 g/mol. The van der Waals surface area contributed by atoms with Gasteiger partial charge in [0, 0.05) is 37.7 Å². The highest BCUT2D eigenvalue weighted by atomic mass is 16.5. The minimum absolute atomic E-state index is 0.0603. The molecule has 1 unspecified atom stereocenters. The fourth-order valence-corrected chi connectivity index (χ4v) is 2.88. The highest BCUT2D eigenvalue weighted by Gasteiger charge is 2.30. The molecule has 1 aliphatic carbocycles. The zero-order valence-corrected chi connectivity index (χ0v) is 12.4. The largest absolute Gasteiger partial charge is 0.376 e. The lowest BCUT2D eigenvalue weighted by atomic mass is 10.1. The van der Waals surface area contributed by atoms with Crippen LogP contribution < -0.4 is 0 Å². The van der Waals surface area contributed by atoms with Crippen molar-refractivity contribution < 1.29 is 9.53 Å². The Labute approximate surface area is 129 Å². The topological polar surface area (TPSA) is 55.3 Å². The maximum Gasteiger partial charge on any atom is 0.254 e. The van der Waals surface area contributed by atoms with Gasteiger partial charge in [-0.25, -0.2) is 0 Å². The summed E-state index contributed by atoms with van der Waals surface area (Å²) in [6, 6.07) is 5.51. The number of aromatic nitrogens is 2. The van der Waals surface area contributed by atoms with Crippen molar-refractivity contribution in [2.75, 3.05) is 19.7 Å². The molecule has 2 aliphatic rings. The van der Waals surface area contributed by atoms with E-state index in [9.17, 15) is 4.79 Å². The molecular formula is C17H19N3O2. The van der Waals surface area contributed by atoms with Gasteiger partial charge in [0.05, 0.1) is 17.1 Å². The molecule has 1 atom stereocenters. The highest BCUT2D eigenvalue weighted by Crippen LogP contribution is 2.30. The number of carbonyl (C=O) groups excluding carboxylic acids is 1. The number of hydrogen-bond donors (Lipinski definition) is 0. The van der Waals surface area contributed by atoms with Crippen molar-refractivity contribution in [3.05, 3.63) is 36.2 Å². The maximum absolute atomic E-state index is 12.6. The first-order chi connectivity index (χ1) is 10.8. The van der Waals surface area contributed by atoms with Gasteiger partial charge in [-0.3, -0.25) is 14.8 Å². The van der Waals surface area contributed by atoms with E-state index in [1.165, 1.54) is 12.8 Å². The Morgan fingerprint density at radius 2 is 2.00 bits per heavy atom. The zero-order valence-electron chi connectivity index (χ0n) is 12.4. The third-order valence-electron chi connectivity index (χ3n) is 4.41. The van der Waals surface area contributed by atoms with Crippen LogP contribution in [0.2, 0.25) is 0 Å². The molecule has 22 heavy (non-hydrogen) atoms. The molecule has 0 radical (unpaired) electrons. The van der Waals surface area contributed by atoms with Gasteiger partial charge in [-0.05, 0) is 43.4 Å². The van der Waals surface area contributed by atoms with Crippen LogP contribution in [0, 0.1) is 5.92 Å². The van der Waals surface area contributed by atoms with Crippen molar-refractivity contribution in [1.82, 2.24) is 14.9 Å². The van der Waals surface area contributed by atoms with Gasteiger partial charge in [0.15, 0.2) is 0 Å². The quantitative estimate of drug-likeness (QED) is 0.868. The van der Waals surface area contributed by atoms with Gasteiger partial charge in [0.2, 0.25) is 0 Å². The van der Waals surface area contributed by atoms with Gasteiger partial charge >= 0.3 is 0 Å². The first-order valence-corrected chi connectivity index (χ1v) is 7.91.